The number of anilines is 2. The normalized spacial score (nSPS) is 9.55. The highest BCUT2D eigenvalue weighted by atomic mass is 16.6. The van der Waals surface area contributed by atoms with E-state index in [4.69, 9.17) is 11.5 Å². The summed E-state index contributed by atoms with van der Waals surface area (Å²) in [4.78, 5) is 19.6. The quantitative estimate of drug-likeness (QED) is 0.496. The van der Waals surface area contributed by atoms with E-state index < -0.39 is 9.85 Å². The fraction of sp³-hybridized carbons (Fsp3) is 0.143. The minimum atomic E-state index is -0.484. The van der Waals surface area contributed by atoms with Crippen molar-refractivity contribution in [3.8, 4) is 0 Å². The van der Waals surface area contributed by atoms with Crippen LogP contribution >= 0.6 is 0 Å². The number of benzene rings is 2. The van der Waals surface area contributed by atoms with Crippen molar-refractivity contribution in [2.75, 3.05) is 11.5 Å². The summed E-state index contributed by atoms with van der Waals surface area (Å²) in [5, 5.41) is 20.6. The van der Waals surface area contributed by atoms with Gasteiger partial charge >= 0.3 is 0 Å². The van der Waals surface area contributed by atoms with Crippen LogP contribution in [0.5, 0.6) is 0 Å². The summed E-state index contributed by atoms with van der Waals surface area (Å²) < 4.78 is 0. The Bertz CT molecular complexity index is 654. The maximum atomic E-state index is 10.3. The van der Waals surface area contributed by atoms with Crippen molar-refractivity contribution in [2.24, 2.45) is 0 Å². The summed E-state index contributed by atoms with van der Waals surface area (Å²) in [5.41, 5.74) is 12.8. The van der Waals surface area contributed by atoms with Crippen molar-refractivity contribution in [1.29, 1.82) is 0 Å². The third kappa shape index (κ3) is 3.92. The largest absolute Gasteiger partial charge is 0.393 e. The lowest BCUT2D eigenvalue weighted by molar-refractivity contribution is -0.384. The van der Waals surface area contributed by atoms with Gasteiger partial charge in [0.1, 0.15) is 11.4 Å². The van der Waals surface area contributed by atoms with E-state index in [0.29, 0.717) is 0 Å². The zero-order chi connectivity index (χ0) is 16.9. The SMILES string of the molecule is Cc1cccc([N+](=O)[O-])c1N.Cc1cccc([N+](=O)[O-])c1N. The van der Waals surface area contributed by atoms with Crippen LogP contribution < -0.4 is 11.5 Å². The van der Waals surface area contributed by atoms with Crippen molar-refractivity contribution in [2.45, 2.75) is 13.8 Å². The van der Waals surface area contributed by atoms with E-state index in [1.54, 1.807) is 38.1 Å². The van der Waals surface area contributed by atoms with Gasteiger partial charge in [-0.3, -0.25) is 20.2 Å². The number of nitrogens with zero attached hydrogens (tertiary/aromatic N) is 2. The van der Waals surface area contributed by atoms with Crippen molar-refractivity contribution in [3.05, 3.63) is 67.8 Å². The monoisotopic (exact) mass is 304 g/mol. The summed E-state index contributed by atoms with van der Waals surface area (Å²) in [6.07, 6.45) is 0. The minimum Gasteiger partial charge on any atom is -0.393 e. The third-order valence-corrected chi connectivity index (χ3v) is 3.00. The molecule has 0 aliphatic rings. The van der Waals surface area contributed by atoms with Crippen LogP contribution in [0.3, 0.4) is 0 Å². The van der Waals surface area contributed by atoms with Gasteiger partial charge in [0.15, 0.2) is 0 Å². The number of nitrogens with two attached hydrogens (primary N) is 2. The molecule has 0 heterocycles. The zero-order valence-corrected chi connectivity index (χ0v) is 12.1. The van der Waals surface area contributed by atoms with Gasteiger partial charge in [-0.25, -0.2) is 0 Å². The van der Waals surface area contributed by atoms with Crippen LogP contribution in [0.15, 0.2) is 36.4 Å². The van der Waals surface area contributed by atoms with Gasteiger partial charge in [0, 0.05) is 12.1 Å². The van der Waals surface area contributed by atoms with Crippen LogP contribution in [0.2, 0.25) is 0 Å². The smallest absolute Gasteiger partial charge is 0.292 e. The first-order valence-corrected chi connectivity index (χ1v) is 6.24. The van der Waals surface area contributed by atoms with Crippen LogP contribution in [0.1, 0.15) is 11.1 Å². The molecule has 22 heavy (non-hydrogen) atoms. The number of hydrogen-bond acceptors (Lipinski definition) is 6. The van der Waals surface area contributed by atoms with Crippen LogP contribution in [0, 0.1) is 34.1 Å². The molecule has 0 aromatic heterocycles. The Kier molecular flexibility index (Phi) is 5.39. The summed E-state index contributed by atoms with van der Waals surface area (Å²) in [5.74, 6) is 0. The van der Waals surface area contributed by atoms with Gasteiger partial charge in [-0.1, -0.05) is 24.3 Å². The van der Waals surface area contributed by atoms with E-state index in [-0.39, 0.29) is 22.7 Å². The molecule has 0 atom stereocenters. The lowest BCUT2D eigenvalue weighted by atomic mass is 10.2. The van der Waals surface area contributed by atoms with Gasteiger partial charge in [-0.05, 0) is 25.0 Å². The molecule has 0 aliphatic heterocycles. The van der Waals surface area contributed by atoms with E-state index >= 15 is 0 Å². The lowest BCUT2D eigenvalue weighted by Gasteiger charge is -1.98. The molecule has 2 aromatic rings. The van der Waals surface area contributed by atoms with Gasteiger partial charge in [0.05, 0.1) is 9.85 Å². The van der Waals surface area contributed by atoms with E-state index in [1.165, 1.54) is 12.1 Å². The fourth-order valence-electron chi connectivity index (χ4n) is 1.65. The second-order valence-corrected chi connectivity index (χ2v) is 4.53. The molecule has 8 heteroatoms. The number of rotatable bonds is 2. The van der Waals surface area contributed by atoms with Crippen molar-refractivity contribution in [3.63, 3.8) is 0 Å². The standard InChI is InChI=1S/2C7H8N2O2/c2*1-5-3-2-4-6(7(5)8)9(10)11/h2*2-4H,8H2,1H3. The van der Waals surface area contributed by atoms with E-state index in [2.05, 4.69) is 0 Å². The summed E-state index contributed by atoms with van der Waals surface area (Å²) in [6, 6.07) is 9.49. The first-order chi connectivity index (χ1) is 10.3. The molecule has 0 spiro atoms. The Morgan fingerprint density at radius 2 is 1.09 bits per heavy atom. The Hall–Kier alpha value is -3.16. The zero-order valence-electron chi connectivity index (χ0n) is 12.1. The number of nitrogen functional groups attached to an aromatic ring is 2. The van der Waals surface area contributed by atoms with Gasteiger partial charge in [0.25, 0.3) is 11.4 Å². The van der Waals surface area contributed by atoms with Gasteiger partial charge in [-0.2, -0.15) is 0 Å². The molecule has 0 aliphatic carbocycles. The number of nitro benzene ring substituents is 2. The van der Waals surface area contributed by atoms with Crippen LogP contribution in [-0.2, 0) is 0 Å². The molecule has 0 amide bonds. The summed E-state index contributed by atoms with van der Waals surface area (Å²) in [6.45, 7) is 3.48. The molecule has 8 nitrogen and oxygen atoms in total. The second-order valence-electron chi connectivity index (χ2n) is 4.53. The van der Waals surface area contributed by atoms with Gasteiger partial charge in [-0.15, -0.1) is 0 Å². The molecule has 0 bridgehead atoms. The summed E-state index contributed by atoms with van der Waals surface area (Å²) in [7, 11) is 0. The highest BCUT2D eigenvalue weighted by molar-refractivity contribution is 5.63. The predicted octanol–water partition coefficient (Wildman–Crippen LogP) is 2.97. The molecule has 116 valence electrons. The van der Waals surface area contributed by atoms with Gasteiger partial charge in [0.2, 0.25) is 0 Å². The Balaban J connectivity index is 0.000000220. The topological polar surface area (TPSA) is 138 Å². The molecular weight excluding hydrogens is 288 g/mol. The summed E-state index contributed by atoms with van der Waals surface area (Å²) >= 11 is 0. The maximum absolute atomic E-state index is 10.3. The molecule has 0 fully saturated rings. The third-order valence-electron chi connectivity index (χ3n) is 3.00. The highest BCUT2D eigenvalue weighted by Crippen LogP contribution is 2.24. The fourth-order valence-corrected chi connectivity index (χ4v) is 1.65. The van der Waals surface area contributed by atoms with E-state index in [1.807, 2.05) is 0 Å². The molecule has 2 rings (SSSR count). The number of hydrogen-bond donors (Lipinski definition) is 2. The molecule has 4 N–H and O–H groups in total. The first-order valence-electron chi connectivity index (χ1n) is 6.24. The Morgan fingerprint density at radius 1 is 0.773 bits per heavy atom. The van der Waals surface area contributed by atoms with E-state index in [0.717, 1.165) is 11.1 Å². The van der Waals surface area contributed by atoms with Crippen molar-refractivity contribution >= 4 is 22.7 Å². The lowest BCUT2D eigenvalue weighted by Crippen LogP contribution is -1.96. The molecule has 0 saturated heterocycles. The van der Waals surface area contributed by atoms with Crippen LogP contribution in [-0.4, -0.2) is 9.85 Å². The molecule has 0 saturated carbocycles. The first kappa shape index (κ1) is 16.9. The Labute approximate surface area is 126 Å². The predicted molar refractivity (Wildman–Crippen MR) is 84.5 cm³/mol. The number of para-hydroxylation sites is 2. The second kappa shape index (κ2) is 7.02. The molecular formula is C14H16N4O4. The van der Waals surface area contributed by atoms with Crippen molar-refractivity contribution in [1.82, 2.24) is 0 Å². The van der Waals surface area contributed by atoms with Crippen molar-refractivity contribution < 1.29 is 9.85 Å². The molecule has 2 aromatic carbocycles. The minimum absolute atomic E-state index is 0.0231. The molecule has 0 unspecified atom stereocenters. The highest BCUT2D eigenvalue weighted by Gasteiger charge is 2.11. The van der Waals surface area contributed by atoms with E-state index in [9.17, 15) is 20.2 Å². The van der Waals surface area contributed by atoms with Crippen LogP contribution in [0.4, 0.5) is 22.7 Å². The average Bonchev–Trinajstić information content (AvgIpc) is 2.45. The van der Waals surface area contributed by atoms with Gasteiger partial charge < -0.3 is 11.5 Å². The Morgan fingerprint density at radius 3 is 1.32 bits per heavy atom. The maximum Gasteiger partial charge on any atom is 0.292 e. The number of nitro groups is 2. The average molecular weight is 304 g/mol. The molecule has 0 radical (unpaired) electrons. The van der Waals surface area contributed by atoms with Crippen LogP contribution in [0.25, 0.3) is 0 Å². The number of aryl methyl sites for hydroxylation is 2.